The minimum absolute atomic E-state index is 0.0231. The first kappa shape index (κ1) is 18.2. The molecule has 1 aliphatic rings. The van der Waals surface area contributed by atoms with Gasteiger partial charge in [-0.1, -0.05) is 35.1 Å². The van der Waals surface area contributed by atoms with Crippen molar-refractivity contribution in [1.82, 2.24) is 14.3 Å². The summed E-state index contributed by atoms with van der Waals surface area (Å²) < 4.78 is 16.7. The van der Waals surface area contributed by atoms with Gasteiger partial charge >= 0.3 is 5.69 Å². The first-order valence-corrected chi connectivity index (χ1v) is 9.38. The molecule has 1 saturated heterocycles. The van der Waals surface area contributed by atoms with Crippen molar-refractivity contribution >= 4 is 16.9 Å². The van der Waals surface area contributed by atoms with Crippen LogP contribution in [-0.4, -0.2) is 27.4 Å². The number of pyridine rings is 1. The largest absolute Gasteiger partial charge is 0.401 e. The summed E-state index contributed by atoms with van der Waals surface area (Å²) >= 11 is 0. The van der Waals surface area contributed by atoms with Crippen LogP contribution < -0.4 is 21.0 Å². The molecule has 3 heterocycles. The molecule has 0 atom stereocenters. The number of aryl methyl sites for hydroxylation is 1. The van der Waals surface area contributed by atoms with Gasteiger partial charge in [0.1, 0.15) is 6.61 Å². The fraction of sp³-hybridized carbons (Fsp3) is 0.350. The van der Waals surface area contributed by atoms with Gasteiger partial charge in [0.25, 0.3) is 5.56 Å². The minimum atomic E-state index is -0.708. The van der Waals surface area contributed by atoms with Crippen molar-refractivity contribution in [2.24, 2.45) is 0 Å². The molecule has 0 saturated carbocycles. The Labute approximate surface area is 160 Å². The van der Waals surface area contributed by atoms with Crippen LogP contribution in [0.15, 0.2) is 46.0 Å². The van der Waals surface area contributed by atoms with E-state index in [1.807, 2.05) is 35.2 Å². The molecule has 1 fully saturated rings. The quantitative estimate of drug-likeness (QED) is 0.673. The molecule has 1 aromatic carbocycles. The van der Waals surface area contributed by atoms with Gasteiger partial charge in [0.15, 0.2) is 17.3 Å². The van der Waals surface area contributed by atoms with Crippen molar-refractivity contribution < 1.29 is 9.23 Å². The standard InChI is InChI=1S/C20H21FN4O3/c1-2-24-17-15(12-16(21)18(22-17)23-10-6-7-11-23)19(26)25(20(24)27)28-13-14-8-4-3-5-9-14/h3-5,8-9,12H,2,6-7,10-11,13H2,1H3. The number of benzene rings is 1. The van der Waals surface area contributed by atoms with Crippen LogP contribution in [0.4, 0.5) is 10.2 Å². The summed E-state index contributed by atoms with van der Waals surface area (Å²) in [5.74, 6) is -0.378. The Hall–Kier alpha value is -3.16. The highest BCUT2D eigenvalue weighted by Crippen LogP contribution is 2.23. The van der Waals surface area contributed by atoms with E-state index < -0.39 is 17.1 Å². The van der Waals surface area contributed by atoms with Crippen molar-refractivity contribution in [2.75, 3.05) is 18.0 Å². The summed E-state index contributed by atoms with van der Waals surface area (Å²) in [4.78, 5) is 37.3. The Balaban J connectivity index is 1.82. The zero-order valence-corrected chi connectivity index (χ0v) is 15.6. The molecule has 146 valence electrons. The van der Waals surface area contributed by atoms with E-state index in [4.69, 9.17) is 4.84 Å². The average molecular weight is 384 g/mol. The van der Waals surface area contributed by atoms with Gasteiger partial charge in [0.05, 0.1) is 5.39 Å². The lowest BCUT2D eigenvalue weighted by molar-refractivity contribution is 0.0773. The second kappa shape index (κ2) is 7.46. The van der Waals surface area contributed by atoms with Gasteiger partial charge in [-0.2, -0.15) is 0 Å². The van der Waals surface area contributed by atoms with Crippen LogP contribution >= 0.6 is 0 Å². The second-order valence-corrected chi connectivity index (χ2v) is 6.74. The van der Waals surface area contributed by atoms with E-state index >= 15 is 0 Å². The fourth-order valence-electron chi connectivity index (χ4n) is 3.49. The summed E-state index contributed by atoms with van der Waals surface area (Å²) in [6.07, 6.45) is 1.93. The number of hydrogen-bond acceptors (Lipinski definition) is 5. The van der Waals surface area contributed by atoms with E-state index in [9.17, 15) is 14.0 Å². The average Bonchev–Trinajstić information content (AvgIpc) is 3.24. The number of aromatic nitrogens is 3. The Bertz CT molecular complexity index is 1120. The maximum Gasteiger partial charge on any atom is 0.366 e. The Kier molecular flexibility index (Phi) is 4.85. The second-order valence-electron chi connectivity index (χ2n) is 6.74. The molecule has 0 N–H and O–H groups in total. The van der Waals surface area contributed by atoms with Crippen LogP contribution in [0.25, 0.3) is 11.0 Å². The van der Waals surface area contributed by atoms with E-state index in [0.717, 1.165) is 24.5 Å². The number of anilines is 1. The molecule has 0 amide bonds. The molecule has 0 bridgehead atoms. The Morgan fingerprint density at radius 2 is 1.86 bits per heavy atom. The summed E-state index contributed by atoms with van der Waals surface area (Å²) in [6, 6.07) is 10.4. The third-order valence-electron chi connectivity index (χ3n) is 4.94. The van der Waals surface area contributed by atoms with Crippen molar-refractivity contribution in [3.8, 4) is 0 Å². The first-order valence-electron chi connectivity index (χ1n) is 9.38. The van der Waals surface area contributed by atoms with Gasteiger partial charge < -0.3 is 9.74 Å². The number of hydrogen-bond donors (Lipinski definition) is 0. The zero-order chi connectivity index (χ0) is 19.7. The van der Waals surface area contributed by atoms with Gasteiger partial charge in [0.2, 0.25) is 0 Å². The lowest BCUT2D eigenvalue weighted by Crippen LogP contribution is -2.44. The van der Waals surface area contributed by atoms with Crippen LogP contribution in [0, 0.1) is 5.82 Å². The summed E-state index contributed by atoms with van der Waals surface area (Å²) in [6.45, 7) is 3.52. The smallest absolute Gasteiger partial charge is 0.366 e. The van der Waals surface area contributed by atoms with Crippen molar-refractivity contribution in [3.63, 3.8) is 0 Å². The number of nitrogens with zero attached hydrogens (tertiary/aromatic N) is 4. The SMILES string of the molecule is CCn1c(=O)n(OCc2ccccc2)c(=O)c2cc(F)c(N3CCCC3)nc21. The minimum Gasteiger partial charge on any atom is -0.401 e. The Morgan fingerprint density at radius 3 is 2.54 bits per heavy atom. The van der Waals surface area contributed by atoms with Gasteiger partial charge in [-0.05, 0) is 31.4 Å². The first-order chi connectivity index (χ1) is 13.6. The van der Waals surface area contributed by atoms with E-state index in [2.05, 4.69) is 4.98 Å². The normalized spacial score (nSPS) is 14.0. The highest BCUT2D eigenvalue weighted by atomic mass is 19.1. The summed E-state index contributed by atoms with van der Waals surface area (Å²) in [5, 5.41) is 0.0231. The number of fused-ring (bicyclic) bond motifs is 1. The van der Waals surface area contributed by atoms with Crippen LogP contribution in [0.5, 0.6) is 0 Å². The van der Waals surface area contributed by atoms with Crippen LogP contribution in [-0.2, 0) is 13.2 Å². The number of halogens is 1. The van der Waals surface area contributed by atoms with E-state index in [1.165, 1.54) is 4.57 Å². The highest BCUT2D eigenvalue weighted by Gasteiger charge is 2.22. The van der Waals surface area contributed by atoms with Gasteiger partial charge in [0, 0.05) is 19.6 Å². The van der Waals surface area contributed by atoms with Crippen LogP contribution in [0.1, 0.15) is 25.3 Å². The fourth-order valence-corrected chi connectivity index (χ4v) is 3.49. The lowest BCUT2D eigenvalue weighted by atomic mass is 10.2. The third-order valence-corrected chi connectivity index (χ3v) is 4.94. The monoisotopic (exact) mass is 384 g/mol. The molecule has 0 aliphatic carbocycles. The van der Waals surface area contributed by atoms with Gasteiger partial charge in [-0.15, -0.1) is 0 Å². The molecule has 3 aromatic rings. The van der Waals surface area contributed by atoms with Crippen molar-refractivity contribution in [3.05, 3.63) is 68.6 Å². The van der Waals surface area contributed by atoms with Crippen molar-refractivity contribution in [1.29, 1.82) is 0 Å². The molecule has 0 unspecified atom stereocenters. The molecule has 0 spiro atoms. The van der Waals surface area contributed by atoms with Gasteiger partial charge in [-0.3, -0.25) is 9.36 Å². The highest BCUT2D eigenvalue weighted by molar-refractivity contribution is 5.76. The van der Waals surface area contributed by atoms with E-state index in [-0.39, 0.29) is 30.0 Å². The molecular formula is C20H21FN4O3. The van der Waals surface area contributed by atoms with E-state index in [1.54, 1.807) is 6.92 Å². The zero-order valence-electron chi connectivity index (χ0n) is 15.6. The third kappa shape index (κ3) is 3.15. The molecule has 4 rings (SSSR count). The molecule has 1 aliphatic heterocycles. The topological polar surface area (TPSA) is 69.4 Å². The van der Waals surface area contributed by atoms with Crippen LogP contribution in [0.2, 0.25) is 0 Å². The summed E-state index contributed by atoms with van der Waals surface area (Å²) in [5.41, 5.74) is -0.339. The maximum absolute atomic E-state index is 14.7. The molecule has 7 nitrogen and oxygen atoms in total. The molecule has 2 aromatic heterocycles. The number of rotatable bonds is 5. The molecule has 8 heteroatoms. The summed E-state index contributed by atoms with van der Waals surface area (Å²) in [7, 11) is 0. The maximum atomic E-state index is 14.7. The molecular weight excluding hydrogens is 363 g/mol. The van der Waals surface area contributed by atoms with Crippen LogP contribution in [0.3, 0.4) is 0 Å². The predicted octanol–water partition coefficient (Wildman–Crippen LogP) is 1.95. The van der Waals surface area contributed by atoms with E-state index in [0.29, 0.717) is 17.8 Å². The lowest BCUT2D eigenvalue weighted by Gasteiger charge is -2.19. The molecule has 0 radical (unpaired) electrons. The molecule has 28 heavy (non-hydrogen) atoms. The predicted molar refractivity (Wildman–Crippen MR) is 104 cm³/mol. The van der Waals surface area contributed by atoms with Gasteiger partial charge in [-0.25, -0.2) is 14.2 Å². The Morgan fingerprint density at radius 1 is 1.14 bits per heavy atom. The van der Waals surface area contributed by atoms with Crippen molar-refractivity contribution in [2.45, 2.75) is 32.9 Å².